The molecule has 1 aromatic rings. The van der Waals surface area contributed by atoms with E-state index in [9.17, 15) is 9.59 Å². The van der Waals surface area contributed by atoms with Gasteiger partial charge in [-0.25, -0.2) is 0 Å². The molecule has 6 heteroatoms. The average molecular weight is 265 g/mol. The lowest BCUT2D eigenvalue weighted by molar-refractivity contribution is 0.0760. The summed E-state index contributed by atoms with van der Waals surface area (Å²) >= 11 is 0. The molecule has 1 amide bonds. The molecule has 6 nitrogen and oxygen atoms in total. The number of aliphatic hydroxyl groups excluding tert-OH is 1. The number of aliphatic hydroxyl groups is 1. The van der Waals surface area contributed by atoms with Crippen LogP contribution in [0.4, 0.5) is 0 Å². The molecule has 1 aromatic heterocycles. The SMILES string of the molecule is O=C(c1cc[nH]c(=O)c1)N1CCCN(CCO)CC1. The first-order valence-corrected chi connectivity index (χ1v) is 6.52. The van der Waals surface area contributed by atoms with Crippen molar-refractivity contribution in [3.63, 3.8) is 0 Å². The van der Waals surface area contributed by atoms with E-state index >= 15 is 0 Å². The smallest absolute Gasteiger partial charge is 0.254 e. The molecule has 2 heterocycles. The van der Waals surface area contributed by atoms with Gasteiger partial charge in [0.15, 0.2) is 0 Å². The molecule has 1 aliphatic heterocycles. The molecule has 1 aliphatic rings. The Kier molecular flexibility index (Phi) is 4.70. The Balaban J connectivity index is 2.02. The van der Waals surface area contributed by atoms with Gasteiger partial charge in [0.25, 0.3) is 5.91 Å². The first kappa shape index (κ1) is 13.8. The highest BCUT2D eigenvalue weighted by atomic mass is 16.3. The van der Waals surface area contributed by atoms with Crippen LogP contribution in [0.3, 0.4) is 0 Å². The van der Waals surface area contributed by atoms with Crippen molar-refractivity contribution in [3.05, 3.63) is 34.2 Å². The molecule has 0 aromatic carbocycles. The minimum Gasteiger partial charge on any atom is -0.395 e. The fraction of sp³-hybridized carbons (Fsp3) is 0.538. The zero-order valence-electron chi connectivity index (χ0n) is 10.8. The normalized spacial score (nSPS) is 17.2. The van der Waals surface area contributed by atoms with Gasteiger partial charge in [0, 0.05) is 44.0 Å². The standard InChI is InChI=1S/C13H19N3O3/c17-9-8-15-4-1-5-16(7-6-15)13(19)11-2-3-14-12(18)10-11/h2-3,10,17H,1,4-9H2,(H,14,18). The third kappa shape index (κ3) is 3.65. The summed E-state index contributed by atoms with van der Waals surface area (Å²) in [6.07, 6.45) is 2.38. The quantitative estimate of drug-likeness (QED) is 0.773. The molecule has 1 saturated heterocycles. The van der Waals surface area contributed by atoms with Crippen molar-refractivity contribution >= 4 is 5.91 Å². The van der Waals surface area contributed by atoms with Crippen LogP contribution in [0.2, 0.25) is 0 Å². The number of hydrogen-bond acceptors (Lipinski definition) is 4. The molecule has 0 spiro atoms. The van der Waals surface area contributed by atoms with Gasteiger partial charge in [-0.15, -0.1) is 0 Å². The molecule has 104 valence electrons. The molecule has 0 atom stereocenters. The molecule has 0 aliphatic carbocycles. The monoisotopic (exact) mass is 265 g/mol. The van der Waals surface area contributed by atoms with Gasteiger partial charge in [-0.2, -0.15) is 0 Å². The number of nitrogens with zero attached hydrogens (tertiary/aromatic N) is 2. The number of β-amino-alcohol motifs (C(OH)–C–C–N with tert-alkyl or cyclic N) is 1. The molecular weight excluding hydrogens is 246 g/mol. The van der Waals surface area contributed by atoms with Crippen molar-refractivity contribution < 1.29 is 9.90 Å². The molecule has 0 bridgehead atoms. The Hall–Kier alpha value is -1.66. The number of nitrogens with one attached hydrogen (secondary N) is 1. The summed E-state index contributed by atoms with van der Waals surface area (Å²) in [5.74, 6) is -0.100. The van der Waals surface area contributed by atoms with Crippen molar-refractivity contribution in [1.82, 2.24) is 14.8 Å². The Morgan fingerprint density at radius 2 is 2.16 bits per heavy atom. The predicted molar refractivity (Wildman–Crippen MR) is 71.1 cm³/mol. The van der Waals surface area contributed by atoms with Crippen molar-refractivity contribution in [2.75, 3.05) is 39.3 Å². The van der Waals surface area contributed by atoms with E-state index in [1.54, 1.807) is 11.0 Å². The maximum absolute atomic E-state index is 12.3. The van der Waals surface area contributed by atoms with Crippen molar-refractivity contribution in [2.45, 2.75) is 6.42 Å². The second-order valence-corrected chi connectivity index (χ2v) is 4.65. The molecule has 0 unspecified atom stereocenters. The number of amides is 1. The summed E-state index contributed by atoms with van der Waals surface area (Å²) < 4.78 is 0. The van der Waals surface area contributed by atoms with E-state index < -0.39 is 0 Å². The van der Waals surface area contributed by atoms with Gasteiger partial charge >= 0.3 is 0 Å². The van der Waals surface area contributed by atoms with Crippen LogP contribution in [0, 0.1) is 0 Å². The maximum atomic E-state index is 12.3. The van der Waals surface area contributed by atoms with Gasteiger partial charge in [-0.05, 0) is 19.0 Å². The zero-order chi connectivity index (χ0) is 13.7. The van der Waals surface area contributed by atoms with Crippen LogP contribution in [-0.2, 0) is 0 Å². The van der Waals surface area contributed by atoms with Gasteiger partial charge < -0.3 is 15.0 Å². The van der Waals surface area contributed by atoms with Gasteiger partial charge in [0.2, 0.25) is 5.56 Å². The molecule has 2 N–H and O–H groups in total. The van der Waals surface area contributed by atoms with Gasteiger partial charge in [-0.3, -0.25) is 14.5 Å². The van der Waals surface area contributed by atoms with E-state index in [1.165, 1.54) is 12.3 Å². The van der Waals surface area contributed by atoms with Crippen LogP contribution in [0.5, 0.6) is 0 Å². The Labute approximate surface area is 111 Å². The first-order valence-electron chi connectivity index (χ1n) is 6.52. The number of aromatic amines is 1. The largest absolute Gasteiger partial charge is 0.395 e. The fourth-order valence-corrected chi connectivity index (χ4v) is 2.30. The third-order valence-electron chi connectivity index (χ3n) is 3.31. The lowest BCUT2D eigenvalue weighted by Gasteiger charge is -2.21. The lowest BCUT2D eigenvalue weighted by Crippen LogP contribution is -2.36. The predicted octanol–water partition coefficient (Wildman–Crippen LogP) is -0.485. The van der Waals surface area contributed by atoms with E-state index in [0.717, 1.165) is 19.5 Å². The zero-order valence-corrected chi connectivity index (χ0v) is 10.8. The van der Waals surface area contributed by atoms with E-state index in [1.807, 2.05) is 0 Å². The van der Waals surface area contributed by atoms with Crippen LogP contribution in [-0.4, -0.2) is 65.1 Å². The average Bonchev–Trinajstić information content (AvgIpc) is 2.64. The van der Waals surface area contributed by atoms with E-state index in [2.05, 4.69) is 9.88 Å². The second kappa shape index (κ2) is 6.49. The number of pyridine rings is 1. The van der Waals surface area contributed by atoms with Crippen LogP contribution in [0.15, 0.2) is 23.1 Å². The highest BCUT2D eigenvalue weighted by molar-refractivity contribution is 5.94. The number of carbonyl (C=O) groups excluding carboxylic acids is 1. The van der Waals surface area contributed by atoms with Crippen LogP contribution in [0.1, 0.15) is 16.8 Å². The van der Waals surface area contributed by atoms with Crippen LogP contribution >= 0.6 is 0 Å². The molecule has 0 radical (unpaired) electrons. The van der Waals surface area contributed by atoms with Crippen LogP contribution in [0.25, 0.3) is 0 Å². The summed E-state index contributed by atoms with van der Waals surface area (Å²) in [6.45, 7) is 3.75. The lowest BCUT2D eigenvalue weighted by atomic mass is 10.2. The highest BCUT2D eigenvalue weighted by Gasteiger charge is 2.20. The van der Waals surface area contributed by atoms with Crippen LogP contribution < -0.4 is 5.56 Å². The number of H-pyrrole nitrogens is 1. The minimum atomic E-state index is -0.262. The third-order valence-corrected chi connectivity index (χ3v) is 3.31. The molecular formula is C13H19N3O3. The summed E-state index contributed by atoms with van der Waals surface area (Å²) in [7, 11) is 0. The number of aromatic nitrogens is 1. The van der Waals surface area contributed by atoms with Gasteiger partial charge in [-0.1, -0.05) is 0 Å². The Morgan fingerprint density at radius 3 is 2.89 bits per heavy atom. The number of hydrogen-bond donors (Lipinski definition) is 2. The minimum absolute atomic E-state index is 0.100. The summed E-state index contributed by atoms with van der Waals surface area (Å²) in [6, 6.07) is 2.96. The molecule has 19 heavy (non-hydrogen) atoms. The highest BCUT2D eigenvalue weighted by Crippen LogP contribution is 2.07. The Bertz CT molecular complexity index is 486. The molecule has 0 saturated carbocycles. The van der Waals surface area contributed by atoms with Gasteiger partial charge in [0.05, 0.1) is 6.61 Å². The van der Waals surface area contributed by atoms with E-state index in [0.29, 0.717) is 25.2 Å². The first-order chi connectivity index (χ1) is 9.20. The summed E-state index contributed by atoms with van der Waals surface area (Å²) in [4.78, 5) is 29.9. The molecule has 2 rings (SSSR count). The van der Waals surface area contributed by atoms with Crippen molar-refractivity contribution in [2.24, 2.45) is 0 Å². The van der Waals surface area contributed by atoms with E-state index in [4.69, 9.17) is 5.11 Å². The van der Waals surface area contributed by atoms with E-state index in [-0.39, 0.29) is 18.1 Å². The second-order valence-electron chi connectivity index (χ2n) is 4.65. The topological polar surface area (TPSA) is 76.6 Å². The molecule has 1 fully saturated rings. The van der Waals surface area contributed by atoms with Gasteiger partial charge in [0.1, 0.15) is 0 Å². The maximum Gasteiger partial charge on any atom is 0.254 e. The summed E-state index contributed by atoms with van der Waals surface area (Å²) in [5.41, 5.74) is 0.168. The number of carbonyl (C=O) groups is 1. The fourth-order valence-electron chi connectivity index (χ4n) is 2.30. The van der Waals surface area contributed by atoms with Crippen molar-refractivity contribution in [3.8, 4) is 0 Å². The van der Waals surface area contributed by atoms with Crippen molar-refractivity contribution in [1.29, 1.82) is 0 Å². The summed E-state index contributed by atoms with van der Waals surface area (Å²) in [5, 5.41) is 8.93. The Morgan fingerprint density at radius 1 is 1.32 bits per heavy atom. The number of rotatable bonds is 3.